The molecule has 1 aliphatic rings. The highest BCUT2D eigenvalue weighted by Crippen LogP contribution is 2.29. The maximum Gasteiger partial charge on any atom is 0.265 e. The van der Waals surface area contributed by atoms with Gasteiger partial charge in [0.15, 0.2) is 0 Å². The number of hydrogen-bond acceptors (Lipinski definition) is 3. The summed E-state index contributed by atoms with van der Waals surface area (Å²) in [4.78, 5) is 19.2. The number of aromatic nitrogens is 2. The number of benzene rings is 1. The molecule has 0 aliphatic carbocycles. The van der Waals surface area contributed by atoms with Crippen LogP contribution in [0.5, 0.6) is 5.75 Å². The van der Waals surface area contributed by atoms with Crippen molar-refractivity contribution in [1.29, 1.82) is 0 Å². The van der Waals surface area contributed by atoms with Crippen LogP contribution in [0.4, 0.5) is 0 Å². The van der Waals surface area contributed by atoms with Crippen molar-refractivity contribution in [2.45, 2.75) is 19.8 Å². The van der Waals surface area contributed by atoms with Gasteiger partial charge in [-0.15, -0.1) is 0 Å². The fraction of sp³-hybridized carbons (Fsp3) is 0.286. The minimum Gasteiger partial charge on any atom is -0.493 e. The van der Waals surface area contributed by atoms with Crippen molar-refractivity contribution in [3.63, 3.8) is 0 Å². The van der Waals surface area contributed by atoms with Crippen LogP contribution in [0.1, 0.15) is 18.2 Å². The Morgan fingerprint density at radius 3 is 3.11 bits per heavy atom. The predicted octanol–water partition coefficient (Wildman–Crippen LogP) is 2.70. The third-order valence-corrected chi connectivity index (χ3v) is 4.05. The average Bonchev–Trinajstić information content (AvgIpc) is 2.89. The number of hydrogen-bond donors (Lipinski definition) is 1. The van der Waals surface area contributed by atoms with Gasteiger partial charge in [-0.1, -0.05) is 6.92 Å². The second-order valence-electron chi connectivity index (χ2n) is 4.45. The zero-order chi connectivity index (χ0) is 13.4. The molecular weight excluding hydrogens is 308 g/mol. The smallest absolute Gasteiger partial charge is 0.265 e. The summed E-state index contributed by atoms with van der Waals surface area (Å²) in [5, 5.41) is 0. The van der Waals surface area contributed by atoms with Crippen molar-refractivity contribution in [1.82, 2.24) is 9.97 Å². The van der Waals surface area contributed by atoms with Crippen LogP contribution in [0.15, 0.2) is 27.5 Å². The molecule has 2 aromatic rings. The molecule has 0 atom stereocenters. The van der Waals surface area contributed by atoms with Crippen LogP contribution in [0.25, 0.3) is 11.4 Å². The van der Waals surface area contributed by atoms with E-state index >= 15 is 0 Å². The lowest BCUT2D eigenvalue weighted by atomic mass is 10.1. The lowest BCUT2D eigenvalue weighted by molar-refractivity contribution is 0.357. The Labute approximate surface area is 119 Å². The minimum atomic E-state index is -0.140. The summed E-state index contributed by atoms with van der Waals surface area (Å²) in [5.41, 5.74) is 2.72. The molecule has 0 unspecified atom stereocenters. The molecule has 1 aliphatic heterocycles. The van der Waals surface area contributed by atoms with Crippen LogP contribution in [0.2, 0.25) is 0 Å². The van der Waals surface area contributed by atoms with E-state index in [9.17, 15) is 4.79 Å². The first kappa shape index (κ1) is 12.4. The van der Waals surface area contributed by atoms with E-state index in [4.69, 9.17) is 4.74 Å². The van der Waals surface area contributed by atoms with Crippen LogP contribution < -0.4 is 10.3 Å². The van der Waals surface area contributed by atoms with Gasteiger partial charge < -0.3 is 9.72 Å². The van der Waals surface area contributed by atoms with Crippen molar-refractivity contribution in [3.05, 3.63) is 44.3 Å². The van der Waals surface area contributed by atoms with Crippen LogP contribution >= 0.6 is 15.9 Å². The number of aromatic amines is 1. The molecule has 0 spiro atoms. The molecule has 0 saturated heterocycles. The Kier molecular flexibility index (Phi) is 3.14. The maximum absolute atomic E-state index is 11.9. The maximum atomic E-state index is 11.9. The molecule has 98 valence electrons. The zero-order valence-corrected chi connectivity index (χ0v) is 12.1. The topological polar surface area (TPSA) is 55.0 Å². The van der Waals surface area contributed by atoms with Gasteiger partial charge in [0.05, 0.1) is 12.3 Å². The van der Waals surface area contributed by atoms with Crippen molar-refractivity contribution in [2.75, 3.05) is 6.61 Å². The number of ether oxygens (including phenoxy) is 1. The van der Waals surface area contributed by atoms with Gasteiger partial charge >= 0.3 is 0 Å². The van der Waals surface area contributed by atoms with Gasteiger partial charge in [-0.25, -0.2) is 4.98 Å². The Morgan fingerprint density at radius 2 is 2.32 bits per heavy atom. The fourth-order valence-electron chi connectivity index (χ4n) is 2.21. The molecule has 0 amide bonds. The molecule has 2 heterocycles. The molecule has 1 aromatic heterocycles. The molecule has 0 saturated carbocycles. The SMILES string of the molecule is CCc1nc(-c2ccc3c(c2)CCO3)[nH]c(=O)c1Br. The van der Waals surface area contributed by atoms with Gasteiger partial charge in [0, 0.05) is 12.0 Å². The van der Waals surface area contributed by atoms with E-state index in [2.05, 4.69) is 25.9 Å². The summed E-state index contributed by atoms with van der Waals surface area (Å²) in [6, 6.07) is 5.90. The predicted molar refractivity (Wildman–Crippen MR) is 76.6 cm³/mol. The molecule has 5 heteroatoms. The summed E-state index contributed by atoms with van der Waals surface area (Å²) in [6.45, 7) is 2.70. The van der Waals surface area contributed by atoms with Crippen LogP contribution in [-0.4, -0.2) is 16.6 Å². The molecule has 0 fully saturated rings. The Morgan fingerprint density at radius 1 is 1.47 bits per heavy atom. The highest BCUT2D eigenvalue weighted by atomic mass is 79.9. The van der Waals surface area contributed by atoms with Gasteiger partial charge in [-0.3, -0.25) is 4.79 Å². The summed E-state index contributed by atoms with van der Waals surface area (Å²) >= 11 is 3.27. The zero-order valence-electron chi connectivity index (χ0n) is 10.5. The van der Waals surface area contributed by atoms with E-state index in [1.54, 1.807) is 0 Å². The van der Waals surface area contributed by atoms with E-state index in [1.807, 2.05) is 25.1 Å². The largest absolute Gasteiger partial charge is 0.493 e. The van der Waals surface area contributed by atoms with E-state index < -0.39 is 0 Å². The Balaban J connectivity index is 2.12. The van der Waals surface area contributed by atoms with Crippen molar-refractivity contribution in [3.8, 4) is 17.1 Å². The normalized spacial score (nSPS) is 13.2. The molecule has 1 N–H and O–H groups in total. The first-order valence-corrected chi connectivity index (χ1v) is 7.03. The molecule has 0 radical (unpaired) electrons. The number of fused-ring (bicyclic) bond motifs is 1. The van der Waals surface area contributed by atoms with E-state index in [1.165, 1.54) is 5.56 Å². The molecule has 4 nitrogen and oxygen atoms in total. The van der Waals surface area contributed by atoms with Crippen LogP contribution in [0, 0.1) is 0 Å². The number of aryl methyl sites for hydroxylation is 1. The number of nitrogens with one attached hydrogen (secondary N) is 1. The number of nitrogens with zero attached hydrogens (tertiary/aromatic N) is 1. The molecule has 19 heavy (non-hydrogen) atoms. The molecular formula is C14H13BrN2O2. The van der Waals surface area contributed by atoms with Crippen LogP contribution in [0.3, 0.4) is 0 Å². The number of rotatable bonds is 2. The number of halogens is 1. The first-order chi connectivity index (χ1) is 9.19. The van der Waals surface area contributed by atoms with Gasteiger partial charge in [0.2, 0.25) is 0 Å². The highest BCUT2D eigenvalue weighted by Gasteiger charge is 2.14. The summed E-state index contributed by atoms with van der Waals surface area (Å²) in [7, 11) is 0. The summed E-state index contributed by atoms with van der Waals surface area (Å²) in [5.74, 6) is 1.54. The first-order valence-electron chi connectivity index (χ1n) is 6.24. The van der Waals surface area contributed by atoms with Gasteiger partial charge in [-0.2, -0.15) is 0 Å². The quantitative estimate of drug-likeness (QED) is 0.925. The Bertz CT molecular complexity index is 694. The van der Waals surface area contributed by atoms with Crippen LogP contribution in [-0.2, 0) is 12.8 Å². The molecule has 0 bridgehead atoms. The third-order valence-electron chi connectivity index (χ3n) is 3.23. The van der Waals surface area contributed by atoms with Crippen molar-refractivity contribution < 1.29 is 4.74 Å². The minimum absolute atomic E-state index is 0.140. The van der Waals surface area contributed by atoms with E-state index in [0.717, 1.165) is 30.0 Å². The standard InChI is InChI=1S/C14H13BrN2O2/c1-2-10-12(15)14(18)17-13(16-10)9-3-4-11-8(7-9)5-6-19-11/h3-4,7H,2,5-6H2,1H3,(H,16,17,18). The second kappa shape index (κ2) is 4.81. The monoisotopic (exact) mass is 320 g/mol. The van der Waals surface area contributed by atoms with Gasteiger partial charge in [0.1, 0.15) is 16.0 Å². The second-order valence-corrected chi connectivity index (χ2v) is 5.24. The van der Waals surface area contributed by atoms with E-state index in [-0.39, 0.29) is 5.56 Å². The van der Waals surface area contributed by atoms with Gasteiger partial charge in [0.25, 0.3) is 5.56 Å². The van der Waals surface area contributed by atoms with Crippen molar-refractivity contribution in [2.24, 2.45) is 0 Å². The molecule has 3 rings (SSSR count). The molecule has 1 aromatic carbocycles. The fourth-order valence-corrected chi connectivity index (χ4v) is 2.68. The number of H-pyrrole nitrogens is 1. The van der Waals surface area contributed by atoms with E-state index in [0.29, 0.717) is 16.7 Å². The van der Waals surface area contributed by atoms with Crippen molar-refractivity contribution >= 4 is 15.9 Å². The van der Waals surface area contributed by atoms with Gasteiger partial charge in [-0.05, 0) is 46.1 Å². The lowest BCUT2D eigenvalue weighted by Gasteiger charge is -2.06. The average molecular weight is 321 g/mol. The summed E-state index contributed by atoms with van der Waals surface area (Å²) in [6.07, 6.45) is 1.62. The summed E-state index contributed by atoms with van der Waals surface area (Å²) < 4.78 is 5.99. The lowest BCUT2D eigenvalue weighted by Crippen LogP contribution is -2.13. The third kappa shape index (κ3) is 2.18. The highest BCUT2D eigenvalue weighted by molar-refractivity contribution is 9.10. The Hall–Kier alpha value is -1.62.